The third-order valence-corrected chi connectivity index (χ3v) is 13.0. The van der Waals surface area contributed by atoms with Crippen LogP contribution in [-0.2, 0) is 27.9 Å². The van der Waals surface area contributed by atoms with E-state index in [1.54, 1.807) is 0 Å². The molecule has 9 nitrogen and oxygen atoms in total. The van der Waals surface area contributed by atoms with Gasteiger partial charge in [-0.2, -0.15) is 0 Å². The number of quaternary nitrogens is 1. The van der Waals surface area contributed by atoms with Crippen molar-refractivity contribution in [1.82, 2.24) is 5.32 Å². The minimum atomic E-state index is -4.69. The Balaban J connectivity index is 5.38. The number of carbonyl (C=O) groups is 2. The number of amides is 1. The molecule has 0 spiro atoms. The lowest BCUT2D eigenvalue weighted by molar-refractivity contribution is -0.870. The summed E-state index contributed by atoms with van der Waals surface area (Å²) >= 11 is 0. The summed E-state index contributed by atoms with van der Waals surface area (Å²) in [6.07, 6.45) is 55.0. The van der Waals surface area contributed by atoms with Crippen LogP contribution in [0.2, 0.25) is 0 Å². The van der Waals surface area contributed by atoms with Crippen LogP contribution in [0.25, 0.3) is 0 Å². The molecule has 0 aliphatic carbocycles. The highest BCUT2D eigenvalue weighted by molar-refractivity contribution is 7.45. The molecule has 3 unspecified atom stereocenters. The molecule has 0 heterocycles. The number of hydrogen-bond acceptors (Lipinski definition) is 7. The molecule has 0 bridgehead atoms. The fraction of sp³-hybridized carbons (Fsp3) is 0.821. The van der Waals surface area contributed by atoms with Crippen LogP contribution in [0, 0.1) is 0 Å². The normalized spacial score (nSPS) is 14.2. The van der Waals surface area contributed by atoms with Gasteiger partial charge in [-0.1, -0.05) is 217 Å². The third-order valence-electron chi connectivity index (χ3n) is 12.0. The number of phosphoric ester groups is 1. The van der Waals surface area contributed by atoms with Crippen molar-refractivity contribution in [2.45, 2.75) is 258 Å². The summed E-state index contributed by atoms with van der Waals surface area (Å²) in [7, 11) is 1.17. The molecule has 0 aliphatic rings. The van der Waals surface area contributed by atoms with Crippen LogP contribution < -0.4 is 10.2 Å². The summed E-state index contributed by atoms with van der Waals surface area (Å²) < 4.78 is 30.1. The molecule has 3 atom stereocenters. The van der Waals surface area contributed by atoms with Crippen molar-refractivity contribution in [3.05, 3.63) is 48.6 Å². The largest absolute Gasteiger partial charge is 0.756 e. The molecule has 66 heavy (non-hydrogen) atoms. The van der Waals surface area contributed by atoms with Gasteiger partial charge in [0.25, 0.3) is 7.82 Å². The summed E-state index contributed by atoms with van der Waals surface area (Å²) in [5, 5.41) is 3.01. The number of rotatable bonds is 49. The first-order valence-electron chi connectivity index (χ1n) is 27.4. The Bertz CT molecular complexity index is 1280. The fourth-order valence-electron chi connectivity index (χ4n) is 7.77. The van der Waals surface area contributed by atoms with E-state index in [2.05, 4.69) is 62.5 Å². The smallest absolute Gasteiger partial charge is 0.306 e. The number of ether oxygens (including phenoxy) is 1. The molecule has 10 heteroatoms. The lowest BCUT2D eigenvalue weighted by atomic mass is 10.0. The first-order chi connectivity index (χ1) is 31.9. The van der Waals surface area contributed by atoms with Crippen molar-refractivity contribution in [2.75, 3.05) is 40.9 Å². The zero-order valence-corrected chi connectivity index (χ0v) is 44.8. The molecular weight excluding hydrogens is 844 g/mol. The van der Waals surface area contributed by atoms with Gasteiger partial charge in [0.2, 0.25) is 5.91 Å². The summed E-state index contributed by atoms with van der Waals surface area (Å²) in [6.45, 7) is 6.71. The quantitative estimate of drug-likeness (QED) is 0.0212. The number of carbonyl (C=O) groups excluding carboxylic acids is 2. The summed E-state index contributed by atoms with van der Waals surface area (Å²) in [5.74, 6) is -0.563. The number of esters is 1. The van der Waals surface area contributed by atoms with Gasteiger partial charge in [0, 0.05) is 12.8 Å². The molecule has 0 aromatic carbocycles. The van der Waals surface area contributed by atoms with Crippen molar-refractivity contribution in [3.63, 3.8) is 0 Å². The van der Waals surface area contributed by atoms with Crippen LogP contribution in [0.15, 0.2) is 48.6 Å². The number of nitrogens with one attached hydrogen (secondary N) is 1. The SMILES string of the molecule is CC/C=C/C/C=C/C/C=C/CCCCCCC(=O)OC(/C=C/CCCCCCCCCCC)C(COP(=O)([O-])OCC[N+](C)(C)C)NC(=O)CCCCCCCCCCCCCCCCC. The molecule has 1 amide bonds. The van der Waals surface area contributed by atoms with Gasteiger partial charge in [0.1, 0.15) is 19.3 Å². The molecule has 386 valence electrons. The molecule has 0 rings (SSSR count). The lowest BCUT2D eigenvalue weighted by Crippen LogP contribution is -2.47. The molecule has 0 radical (unpaired) electrons. The number of allylic oxidation sites excluding steroid dienone is 7. The standard InChI is InChI=1S/C56H105N2O7P/c1-7-10-13-16-19-22-25-27-29-30-33-36-39-42-45-48-55(59)57-53(52-64-66(61,62)63-51-50-58(4,5)6)54(47-44-41-38-35-32-24-21-18-15-12-9-3)65-56(60)49-46-43-40-37-34-31-28-26-23-20-17-14-11-8-2/h11,14,20,23,28,31,44,47,53-54H,7-10,12-13,15-19,21-22,24-27,29-30,32-43,45-46,48-52H2,1-6H3,(H-,57,59,61,62)/b14-11+,23-20+,31-28+,47-44+. The van der Waals surface area contributed by atoms with Crippen molar-refractivity contribution in [3.8, 4) is 0 Å². The van der Waals surface area contributed by atoms with E-state index in [4.69, 9.17) is 13.8 Å². The Morgan fingerprint density at radius 3 is 1.45 bits per heavy atom. The van der Waals surface area contributed by atoms with Crippen LogP contribution in [0.4, 0.5) is 0 Å². The predicted molar refractivity (Wildman–Crippen MR) is 279 cm³/mol. The van der Waals surface area contributed by atoms with Crippen LogP contribution in [0.3, 0.4) is 0 Å². The second-order valence-electron chi connectivity index (χ2n) is 19.7. The maximum absolute atomic E-state index is 13.4. The van der Waals surface area contributed by atoms with E-state index in [1.807, 2.05) is 33.3 Å². The second-order valence-corrected chi connectivity index (χ2v) is 21.1. The predicted octanol–water partition coefficient (Wildman–Crippen LogP) is 15.5. The van der Waals surface area contributed by atoms with Crippen LogP contribution >= 0.6 is 7.82 Å². The minimum Gasteiger partial charge on any atom is -0.756 e. The zero-order valence-electron chi connectivity index (χ0n) is 43.9. The highest BCUT2D eigenvalue weighted by atomic mass is 31.2. The highest BCUT2D eigenvalue weighted by Crippen LogP contribution is 2.38. The molecule has 0 aromatic heterocycles. The Kier molecular flexibility index (Phi) is 45.3. The monoisotopic (exact) mass is 949 g/mol. The Morgan fingerprint density at radius 2 is 0.970 bits per heavy atom. The van der Waals surface area contributed by atoms with Gasteiger partial charge in [-0.05, 0) is 63.9 Å². The Morgan fingerprint density at radius 1 is 0.545 bits per heavy atom. The third kappa shape index (κ3) is 47.1. The average molecular weight is 949 g/mol. The van der Waals surface area contributed by atoms with E-state index in [1.165, 1.54) is 122 Å². The lowest BCUT2D eigenvalue weighted by Gasteiger charge is -2.30. The number of likely N-dealkylation sites (N-methyl/N-ethyl adjacent to an activating group) is 1. The summed E-state index contributed by atoms with van der Waals surface area (Å²) in [4.78, 5) is 39.7. The van der Waals surface area contributed by atoms with Gasteiger partial charge in [-0.15, -0.1) is 0 Å². The van der Waals surface area contributed by atoms with Gasteiger partial charge in [-0.3, -0.25) is 14.2 Å². The van der Waals surface area contributed by atoms with E-state index >= 15 is 0 Å². The van der Waals surface area contributed by atoms with Crippen molar-refractivity contribution in [2.24, 2.45) is 0 Å². The highest BCUT2D eigenvalue weighted by Gasteiger charge is 2.27. The van der Waals surface area contributed by atoms with E-state index in [0.29, 0.717) is 23.9 Å². The number of hydrogen-bond donors (Lipinski definition) is 1. The second kappa shape index (κ2) is 46.7. The average Bonchev–Trinajstić information content (AvgIpc) is 3.27. The van der Waals surface area contributed by atoms with Gasteiger partial charge in [0.05, 0.1) is 33.8 Å². The van der Waals surface area contributed by atoms with E-state index in [0.717, 1.165) is 83.5 Å². The summed E-state index contributed by atoms with van der Waals surface area (Å²) in [6, 6.07) is -0.893. The molecule has 0 aromatic rings. The molecular formula is C56H105N2O7P. The molecule has 0 saturated carbocycles. The number of unbranched alkanes of at least 4 members (excludes halogenated alkanes) is 27. The van der Waals surface area contributed by atoms with Gasteiger partial charge < -0.3 is 28.5 Å². The van der Waals surface area contributed by atoms with E-state index < -0.39 is 26.6 Å². The molecule has 0 fully saturated rings. The van der Waals surface area contributed by atoms with Crippen LogP contribution in [0.5, 0.6) is 0 Å². The molecule has 1 N–H and O–H groups in total. The van der Waals surface area contributed by atoms with Crippen molar-refractivity contribution >= 4 is 19.7 Å². The maximum atomic E-state index is 13.4. The van der Waals surface area contributed by atoms with E-state index in [-0.39, 0.29) is 24.9 Å². The van der Waals surface area contributed by atoms with Crippen LogP contribution in [-0.4, -0.2) is 69.4 Å². The minimum absolute atomic E-state index is 0.0254. The van der Waals surface area contributed by atoms with Crippen molar-refractivity contribution in [1.29, 1.82) is 0 Å². The van der Waals surface area contributed by atoms with Crippen molar-refractivity contribution < 1.29 is 37.3 Å². The Hall–Kier alpha value is -2.03. The number of phosphoric acid groups is 1. The maximum Gasteiger partial charge on any atom is 0.306 e. The van der Waals surface area contributed by atoms with Gasteiger partial charge in [-0.25, -0.2) is 0 Å². The molecule has 0 saturated heterocycles. The first-order valence-corrected chi connectivity index (χ1v) is 28.9. The first kappa shape index (κ1) is 64.0. The molecule has 0 aliphatic heterocycles. The fourth-order valence-corrected chi connectivity index (χ4v) is 8.49. The number of nitrogens with zero attached hydrogens (tertiary/aromatic N) is 1. The summed E-state index contributed by atoms with van der Waals surface area (Å²) in [5.41, 5.74) is 0. The topological polar surface area (TPSA) is 114 Å². The van der Waals surface area contributed by atoms with Gasteiger partial charge in [0.15, 0.2) is 0 Å². The zero-order chi connectivity index (χ0) is 48.7. The Labute approximate surface area is 408 Å². The van der Waals surface area contributed by atoms with Gasteiger partial charge >= 0.3 is 5.97 Å². The van der Waals surface area contributed by atoms with Crippen LogP contribution in [0.1, 0.15) is 245 Å². The van der Waals surface area contributed by atoms with E-state index in [9.17, 15) is 19.0 Å².